The molecule has 0 amide bonds. The van der Waals surface area contributed by atoms with E-state index in [0.717, 1.165) is 30.8 Å². The van der Waals surface area contributed by atoms with Crippen molar-refractivity contribution in [1.82, 2.24) is 24.9 Å². The summed E-state index contributed by atoms with van der Waals surface area (Å²) >= 11 is 0. The average Bonchev–Trinajstić information content (AvgIpc) is 2.98. The minimum absolute atomic E-state index is 0.259. The van der Waals surface area contributed by atoms with Crippen LogP contribution < -0.4 is 5.32 Å². The van der Waals surface area contributed by atoms with Gasteiger partial charge >= 0.3 is 0 Å². The maximum absolute atomic E-state index is 4.54. The minimum atomic E-state index is 0.259. The Kier molecular flexibility index (Phi) is 4.60. The van der Waals surface area contributed by atoms with E-state index >= 15 is 0 Å². The molecule has 2 heterocycles. The van der Waals surface area contributed by atoms with Gasteiger partial charge in [-0.2, -0.15) is 10.2 Å². The first-order chi connectivity index (χ1) is 9.58. The third kappa shape index (κ3) is 2.93. The Balaban J connectivity index is 2.25. The summed E-state index contributed by atoms with van der Waals surface area (Å²) in [5.41, 5.74) is 4.72. The van der Waals surface area contributed by atoms with Crippen LogP contribution in [0.1, 0.15) is 42.7 Å². The van der Waals surface area contributed by atoms with Gasteiger partial charge in [-0.1, -0.05) is 6.92 Å². The second-order valence-corrected chi connectivity index (χ2v) is 5.18. The maximum atomic E-state index is 4.54. The molecule has 1 unspecified atom stereocenters. The van der Waals surface area contributed by atoms with Crippen molar-refractivity contribution >= 4 is 0 Å². The molecule has 5 heteroatoms. The lowest BCUT2D eigenvalue weighted by molar-refractivity contribution is 0.508. The molecule has 20 heavy (non-hydrogen) atoms. The first-order valence-electron chi connectivity index (χ1n) is 7.32. The van der Waals surface area contributed by atoms with Crippen LogP contribution in [0, 0.1) is 6.92 Å². The minimum Gasteiger partial charge on any atom is -0.311 e. The molecule has 0 bridgehead atoms. The maximum Gasteiger partial charge on any atom is 0.0625 e. The molecule has 0 fully saturated rings. The van der Waals surface area contributed by atoms with Crippen LogP contribution in [0.5, 0.6) is 0 Å². The molecule has 2 rings (SSSR count). The summed E-state index contributed by atoms with van der Waals surface area (Å²) in [5, 5.41) is 12.5. The quantitative estimate of drug-likeness (QED) is 0.877. The Bertz CT molecular complexity index is 567. The second kappa shape index (κ2) is 6.22. The van der Waals surface area contributed by atoms with E-state index in [2.05, 4.69) is 46.2 Å². The van der Waals surface area contributed by atoms with Crippen LogP contribution in [0.2, 0.25) is 0 Å². The van der Waals surface area contributed by atoms with Crippen molar-refractivity contribution in [3.8, 4) is 0 Å². The summed E-state index contributed by atoms with van der Waals surface area (Å²) in [7, 11) is 4.02. The molecule has 1 N–H and O–H groups in total. The van der Waals surface area contributed by atoms with Crippen molar-refractivity contribution in [2.45, 2.75) is 46.2 Å². The summed E-state index contributed by atoms with van der Waals surface area (Å²) in [4.78, 5) is 0. The predicted octanol–water partition coefficient (Wildman–Crippen LogP) is 2.01. The molecular weight excluding hydrogens is 250 g/mol. The fraction of sp³-hybridized carbons (Fsp3) is 0.600. The molecule has 5 nitrogen and oxygen atoms in total. The van der Waals surface area contributed by atoms with Crippen LogP contribution in [-0.2, 0) is 26.4 Å². The summed E-state index contributed by atoms with van der Waals surface area (Å²) in [6.45, 7) is 7.22. The number of likely N-dealkylation sites (N-methyl/N-ethyl adjacent to an activating group) is 1. The summed E-state index contributed by atoms with van der Waals surface area (Å²) in [6.07, 6.45) is 1.89. The molecule has 0 saturated heterocycles. The fourth-order valence-corrected chi connectivity index (χ4v) is 2.64. The Morgan fingerprint density at radius 1 is 1.25 bits per heavy atom. The van der Waals surface area contributed by atoms with E-state index < -0.39 is 0 Å². The van der Waals surface area contributed by atoms with E-state index in [1.54, 1.807) is 0 Å². The highest BCUT2D eigenvalue weighted by Crippen LogP contribution is 2.19. The van der Waals surface area contributed by atoms with Gasteiger partial charge in [0.1, 0.15) is 0 Å². The van der Waals surface area contributed by atoms with Gasteiger partial charge in [0.2, 0.25) is 0 Å². The Morgan fingerprint density at radius 2 is 2.00 bits per heavy atom. The van der Waals surface area contributed by atoms with Crippen molar-refractivity contribution in [3.05, 3.63) is 34.9 Å². The number of nitrogens with one attached hydrogen (secondary N) is 1. The smallest absolute Gasteiger partial charge is 0.0625 e. The van der Waals surface area contributed by atoms with Gasteiger partial charge in [0, 0.05) is 25.7 Å². The molecular formula is C15H25N5. The zero-order chi connectivity index (χ0) is 14.7. The monoisotopic (exact) mass is 275 g/mol. The topological polar surface area (TPSA) is 47.7 Å². The van der Waals surface area contributed by atoms with Crippen molar-refractivity contribution in [2.24, 2.45) is 7.05 Å². The molecule has 2 aromatic rings. The number of aryl methyl sites for hydroxylation is 4. The molecule has 1 atom stereocenters. The van der Waals surface area contributed by atoms with Crippen molar-refractivity contribution in [3.63, 3.8) is 0 Å². The van der Waals surface area contributed by atoms with E-state index in [-0.39, 0.29) is 6.04 Å². The van der Waals surface area contributed by atoms with E-state index in [4.69, 9.17) is 0 Å². The van der Waals surface area contributed by atoms with E-state index in [1.165, 1.54) is 11.4 Å². The van der Waals surface area contributed by atoms with E-state index in [0.29, 0.717) is 0 Å². The summed E-state index contributed by atoms with van der Waals surface area (Å²) in [6, 6.07) is 4.63. The third-order valence-corrected chi connectivity index (χ3v) is 3.73. The molecule has 0 radical (unpaired) electrons. The third-order valence-electron chi connectivity index (χ3n) is 3.73. The van der Waals surface area contributed by atoms with Gasteiger partial charge in [-0.25, -0.2) is 0 Å². The highest BCUT2D eigenvalue weighted by atomic mass is 15.3. The Morgan fingerprint density at radius 3 is 2.55 bits per heavy atom. The Hall–Kier alpha value is -1.62. The number of aromatic nitrogens is 4. The van der Waals surface area contributed by atoms with Gasteiger partial charge in [0.25, 0.3) is 0 Å². The molecule has 0 aliphatic heterocycles. The van der Waals surface area contributed by atoms with Gasteiger partial charge in [-0.3, -0.25) is 9.36 Å². The van der Waals surface area contributed by atoms with Crippen LogP contribution >= 0.6 is 0 Å². The van der Waals surface area contributed by atoms with E-state index in [9.17, 15) is 0 Å². The molecule has 0 aliphatic carbocycles. The number of hydrogen-bond donors (Lipinski definition) is 1. The standard InChI is InChI=1S/C15H25N5/c1-6-12-9-15(19(5)18-12)14(16-4)10-13-8-11(3)17-20(13)7-2/h8-9,14,16H,6-7,10H2,1-5H3. The molecule has 0 spiro atoms. The molecule has 2 aromatic heterocycles. The number of rotatable bonds is 6. The van der Waals surface area contributed by atoms with Crippen molar-refractivity contribution in [2.75, 3.05) is 7.05 Å². The number of nitrogens with zero attached hydrogens (tertiary/aromatic N) is 4. The molecule has 0 saturated carbocycles. The van der Waals surface area contributed by atoms with Gasteiger partial charge in [-0.15, -0.1) is 0 Å². The highest BCUT2D eigenvalue weighted by Gasteiger charge is 2.17. The lowest BCUT2D eigenvalue weighted by Gasteiger charge is -2.17. The van der Waals surface area contributed by atoms with Crippen molar-refractivity contribution in [1.29, 1.82) is 0 Å². The van der Waals surface area contributed by atoms with Crippen LogP contribution in [0.3, 0.4) is 0 Å². The fourth-order valence-electron chi connectivity index (χ4n) is 2.64. The van der Waals surface area contributed by atoms with Crippen LogP contribution in [-0.4, -0.2) is 26.6 Å². The van der Waals surface area contributed by atoms with Gasteiger partial charge in [-0.05, 0) is 39.4 Å². The van der Waals surface area contributed by atoms with Gasteiger partial charge in [0.15, 0.2) is 0 Å². The van der Waals surface area contributed by atoms with Crippen LogP contribution in [0.15, 0.2) is 12.1 Å². The molecule has 0 aromatic carbocycles. The zero-order valence-corrected chi connectivity index (χ0v) is 13.1. The Labute approximate surface area is 121 Å². The molecule has 0 aliphatic rings. The summed E-state index contributed by atoms with van der Waals surface area (Å²) in [5.74, 6) is 0. The second-order valence-electron chi connectivity index (χ2n) is 5.18. The van der Waals surface area contributed by atoms with Crippen LogP contribution in [0.25, 0.3) is 0 Å². The largest absolute Gasteiger partial charge is 0.311 e. The average molecular weight is 275 g/mol. The van der Waals surface area contributed by atoms with E-state index in [1.807, 2.05) is 25.7 Å². The zero-order valence-electron chi connectivity index (χ0n) is 13.1. The lowest BCUT2D eigenvalue weighted by atomic mass is 10.1. The molecule has 110 valence electrons. The predicted molar refractivity (Wildman–Crippen MR) is 80.7 cm³/mol. The summed E-state index contributed by atoms with van der Waals surface area (Å²) < 4.78 is 4.07. The van der Waals surface area contributed by atoms with Crippen molar-refractivity contribution < 1.29 is 0 Å². The van der Waals surface area contributed by atoms with Gasteiger partial charge in [0.05, 0.1) is 23.1 Å². The highest BCUT2D eigenvalue weighted by molar-refractivity contribution is 5.18. The normalized spacial score (nSPS) is 12.8. The SMILES string of the molecule is CCc1cc(C(Cc2cc(C)nn2CC)NC)n(C)n1. The van der Waals surface area contributed by atoms with Gasteiger partial charge < -0.3 is 5.32 Å². The first-order valence-corrected chi connectivity index (χ1v) is 7.32. The first kappa shape index (κ1) is 14.8. The lowest BCUT2D eigenvalue weighted by Crippen LogP contribution is -2.23. The number of hydrogen-bond acceptors (Lipinski definition) is 3. The van der Waals surface area contributed by atoms with Crippen LogP contribution in [0.4, 0.5) is 0 Å².